The predicted octanol–water partition coefficient (Wildman–Crippen LogP) is 2.08. The zero-order chi connectivity index (χ0) is 22.0. The number of hydrogen-bond donors (Lipinski definition) is 2. The number of urea groups is 1. The van der Waals surface area contributed by atoms with Crippen LogP contribution in [0.2, 0.25) is 0 Å². The highest BCUT2D eigenvalue weighted by Crippen LogP contribution is 2.29. The van der Waals surface area contributed by atoms with Crippen molar-refractivity contribution < 1.29 is 19.4 Å². The molecule has 0 saturated carbocycles. The lowest BCUT2D eigenvalue weighted by Gasteiger charge is -2.31. The maximum absolute atomic E-state index is 11.4. The molecule has 1 saturated heterocycles. The van der Waals surface area contributed by atoms with E-state index in [1.165, 1.54) is 4.90 Å². The fourth-order valence-electron chi connectivity index (χ4n) is 3.43. The molecule has 1 aromatic carbocycles. The number of amides is 2. The summed E-state index contributed by atoms with van der Waals surface area (Å²) in [6, 6.07) is 8.91. The number of primary amides is 1. The second-order valence-corrected chi connectivity index (χ2v) is 7.96. The number of carbonyl (C=O) groups excluding carboxylic acids is 1. The number of pyridine rings is 1. The van der Waals surface area contributed by atoms with Gasteiger partial charge in [0.15, 0.2) is 5.52 Å². The fourth-order valence-corrected chi connectivity index (χ4v) is 3.43. The first kappa shape index (κ1) is 21.0. The Hall–Kier alpha value is -3.30. The summed E-state index contributed by atoms with van der Waals surface area (Å²) < 4.78 is 11.7. The van der Waals surface area contributed by atoms with Crippen LogP contribution in [0.1, 0.15) is 19.4 Å². The monoisotopic (exact) mass is 423 g/mol. The lowest BCUT2D eigenvalue weighted by atomic mass is 9.96. The van der Waals surface area contributed by atoms with Crippen LogP contribution in [0, 0.1) is 0 Å². The Balaban J connectivity index is 1.60. The summed E-state index contributed by atoms with van der Waals surface area (Å²) >= 11 is 0. The van der Waals surface area contributed by atoms with Crippen LogP contribution in [-0.4, -0.2) is 63.4 Å². The first-order valence-electron chi connectivity index (χ1n) is 10.0. The highest BCUT2D eigenvalue weighted by Gasteiger charge is 2.24. The number of nitrogens with zero attached hydrogens (tertiary/aromatic N) is 4. The van der Waals surface area contributed by atoms with E-state index in [0.29, 0.717) is 42.3 Å². The molecule has 3 aromatic rings. The number of fused-ring (bicyclic) bond motifs is 1. The fraction of sp³-hybridized carbons (Fsp3) is 0.364. The van der Waals surface area contributed by atoms with Crippen molar-refractivity contribution in [3.05, 3.63) is 48.3 Å². The molecule has 3 heterocycles. The molecule has 0 bridgehead atoms. The Morgan fingerprint density at radius 2 is 2.03 bits per heavy atom. The Kier molecular flexibility index (Phi) is 5.71. The summed E-state index contributed by atoms with van der Waals surface area (Å²) in [4.78, 5) is 26.4. The molecule has 1 aliphatic rings. The Labute approximate surface area is 179 Å². The third-order valence-corrected chi connectivity index (χ3v) is 5.17. The molecule has 2 amide bonds. The van der Waals surface area contributed by atoms with Crippen molar-refractivity contribution >= 4 is 17.1 Å². The first-order valence-corrected chi connectivity index (χ1v) is 10.0. The number of ether oxygens (including phenoxy) is 2. The lowest BCUT2D eigenvalue weighted by molar-refractivity contribution is -0.0346. The average Bonchev–Trinajstić information content (AvgIpc) is 2.77. The van der Waals surface area contributed by atoms with Gasteiger partial charge in [-0.25, -0.2) is 14.8 Å². The SMILES string of the molecule is CC(C)(O)c1ccc(-c2cc3nccnc3c(OC[C@@H]3CN(C(N)=O)CCO3)n2)cc1. The van der Waals surface area contributed by atoms with Crippen LogP contribution in [0.15, 0.2) is 42.7 Å². The smallest absolute Gasteiger partial charge is 0.314 e. The molecule has 0 radical (unpaired) electrons. The molecule has 2 aromatic heterocycles. The molecular weight excluding hydrogens is 398 g/mol. The van der Waals surface area contributed by atoms with Gasteiger partial charge in [-0.3, -0.25) is 4.98 Å². The first-order chi connectivity index (χ1) is 14.8. The molecule has 0 unspecified atom stereocenters. The van der Waals surface area contributed by atoms with Gasteiger partial charge in [-0.2, -0.15) is 0 Å². The maximum atomic E-state index is 11.4. The Morgan fingerprint density at radius 3 is 2.74 bits per heavy atom. The standard InChI is InChI=1S/C22H25N5O4/c1-22(2,29)15-5-3-14(4-6-15)17-11-18-19(25-8-7-24-18)20(26-17)31-13-16-12-27(21(23)28)9-10-30-16/h3-8,11,16,29H,9-10,12-13H2,1-2H3,(H2,23,28)/t16-/m0/s1. The van der Waals surface area contributed by atoms with Gasteiger partial charge in [0.05, 0.1) is 30.0 Å². The third-order valence-electron chi connectivity index (χ3n) is 5.17. The van der Waals surface area contributed by atoms with Crippen molar-refractivity contribution in [3.63, 3.8) is 0 Å². The Bertz CT molecular complexity index is 1080. The van der Waals surface area contributed by atoms with Crippen molar-refractivity contribution in [2.45, 2.75) is 25.6 Å². The number of nitrogens with two attached hydrogens (primary N) is 1. The van der Waals surface area contributed by atoms with Crippen molar-refractivity contribution in [3.8, 4) is 17.1 Å². The number of aromatic nitrogens is 3. The summed E-state index contributed by atoms with van der Waals surface area (Å²) in [5, 5.41) is 10.2. The minimum atomic E-state index is -0.923. The van der Waals surface area contributed by atoms with Gasteiger partial charge in [-0.1, -0.05) is 24.3 Å². The van der Waals surface area contributed by atoms with Crippen LogP contribution < -0.4 is 10.5 Å². The molecule has 1 atom stereocenters. The number of carbonyl (C=O) groups is 1. The second kappa shape index (κ2) is 8.44. The van der Waals surface area contributed by atoms with E-state index in [4.69, 9.17) is 15.2 Å². The number of hydrogen-bond acceptors (Lipinski definition) is 7. The summed E-state index contributed by atoms with van der Waals surface area (Å²) in [5.74, 6) is 0.340. The van der Waals surface area contributed by atoms with Crippen LogP contribution in [0.5, 0.6) is 5.88 Å². The summed E-state index contributed by atoms with van der Waals surface area (Å²) in [6.45, 7) is 4.91. The maximum Gasteiger partial charge on any atom is 0.314 e. The molecule has 0 aliphatic carbocycles. The van der Waals surface area contributed by atoms with Crippen LogP contribution in [0.4, 0.5) is 4.79 Å². The van der Waals surface area contributed by atoms with Gasteiger partial charge in [0.25, 0.3) is 0 Å². The van der Waals surface area contributed by atoms with E-state index >= 15 is 0 Å². The molecule has 3 N–H and O–H groups in total. The van der Waals surface area contributed by atoms with Crippen molar-refractivity contribution in [1.29, 1.82) is 0 Å². The molecule has 9 heteroatoms. The number of rotatable bonds is 5. The van der Waals surface area contributed by atoms with Crippen LogP contribution in [0.3, 0.4) is 0 Å². The van der Waals surface area contributed by atoms with E-state index in [-0.39, 0.29) is 12.7 Å². The van der Waals surface area contributed by atoms with Crippen molar-refractivity contribution in [1.82, 2.24) is 19.9 Å². The largest absolute Gasteiger partial charge is 0.473 e. The highest BCUT2D eigenvalue weighted by molar-refractivity contribution is 5.83. The molecular formula is C22H25N5O4. The van der Waals surface area contributed by atoms with E-state index in [9.17, 15) is 9.90 Å². The lowest BCUT2D eigenvalue weighted by Crippen LogP contribution is -2.49. The molecule has 4 rings (SSSR count). The minimum Gasteiger partial charge on any atom is -0.473 e. The number of aliphatic hydroxyl groups is 1. The van der Waals surface area contributed by atoms with Gasteiger partial charge >= 0.3 is 6.03 Å². The number of benzene rings is 1. The van der Waals surface area contributed by atoms with Crippen LogP contribution in [-0.2, 0) is 10.3 Å². The van der Waals surface area contributed by atoms with E-state index in [1.807, 2.05) is 30.3 Å². The topological polar surface area (TPSA) is 124 Å². The predicted molar refractivity (Wildman–Crippen MR) is 114 cm³/mol. The van der Waals surface area contributed by atoms with Crippen molar-refractivity contribution in [2.75, 3.05) is 26.3 Å². The summed E-state index contributed by atoms with van der Waals surface area (Å²) in [6.07, 6.45) is 2.88. The number of morpholine rings is 1. The summed E-state index contributed by atoms with van der Waals surface area (Å²) in [5.41, 5.74) is 7.99. The zero-order valence-electron chi connectivity index (χ0n) is 17.5. The van der Waals surface area contributed by atoms with Crippen LogP contribution in [0.25, 0.3) is 22.3 Å². The molecule has 1 fully saturated rings. The van der Waals surface area contributed by atoms with Gasteiger partial charge < -0.3 is 25.2 Å². The molecule has 162 valence electrons. The third kappa shape index (κ3) is 4.73. The zero-order valence-corrected chi connectivity index (χ0v) is 17.5. The quantitative estimate of drug-likeness (QED) is 0.644. The molecule has 0 spiro atoms. The second-order valence-electron chi connectivity index (χ2n) is 7.96. The Morgan fingerprint density at radius 1 is 1.29 bits per heavy atom. The molecule has 1 aliphatic heterocycles. The van der Waals surface area contributed by atoms with Crippen LogP contribution >= 0.6 is 0 Å². The molecule has 31 heavy (non-hydrogen) atoms. The average molecular weight is 423 g/mol. The van der Waals surface area contributed by atoms with E-state index in [0.717, 1.165) is 11.1 Å². The van der Waals surface area contributed by atoms with E-state index in [1.54, 1.807) is 26.2 Å². The normalized spacial score (nSPS) is 17.0. The van der Waals surface area contributed by atoms with Gasteiger partial charge in [-0.15, -0.1) is 0 Å². The van der Waals surface area contributed by atoms with E-state index < -0.39 is 11.6 Å². The molecule has 9 nitrogen and oxygen atoms in total. The van der Waals surface area contributed by atoms with Gasteiger partial charge in [-0.05, 0) is 25.5 Å². The summed E-state index contributed by atoms with van der Waals surface area (Å²) in [7, 11) is 0. The minimum absolute atomic E-state index is 0.198. The van der Waals surface area contributed by atoms with Crippen molar-refractivity contribution in [2.24, 2.45) is 5.73 Å². The van der Waals surface area contributed by atoms with Gasteiger partial charge in [0.1, 0.15) is 12.7 Å². The van der Waals surface area contributed by atoms with E-state index in [2.05, 4.69) is 15.0 Å². The van der Waals surface area contributed by atoms with Gasteiger partial charge in [0.2, 0.25) is 5.88 Å². The van der Waals surface area contributed by atoms with Gasteiger partial charge in [0, 0.05) is 24.5 Å². The highest BCUT2D eigenvalue weighted by atomic mass is 16.5.